The van der Waals surface area contributed by atoms with E-state index in [4.69, 9.17) is 11.6 Å². The first kappa shape index (κ1) is 14.5. The summed E-state index contributed by atoms with van der Waals surface area (Å²) < 4.78 is 14.1. The van der Waals surface area contributed by atoms with Crippen molar-refractivity contribution in [3.63, 3.8) is 0 Å². The Morgan fingerprint density at radius 3 is 2.75 bits per heavy atom. The molecule has 0 amide bonds. The highest BCUT2D eigenvalue weighted by Gasteiger charge is 2.16. The summed E-state index contributed by atoms with van der Waals surface area (Å²) >= 11 is 6.10. The number of benzene rings is 1. The van der Waals surface area contributed by atoms with Gasteiger partial charge in [0.25, 0.3) is 0 Å². The Kier molecular flexibility index (Phi) is 3.55. The second kappa shape index (κ2) is 5.86. The number of hydrogen-bond acceptors (Lipinski definition) is 5. The maximum Gasteiger partial charge on any atom is 0.183 e. The molecule has 0 unspecified atom stereocenters. The Balaban J connectivity index is 1.83. The van der Waals surface area contributed by atoms with E-state index in [0.29, 0.717) is 22.8 Å². The summed E-state index contributed by atoms with van der Waals surface area (Å²) in [6, 6.07) is 9.94. The molecule has 24 heavy (non-hydrogen) atoms. The summed E-state index contributed by atoms with van der Waals surface area (Å²) in [5.41, 5.74) is 1.14. The van der Waals surface area contributed by atoms with Crippen LogP contribution in [0.1, 0.15) is 0 Å². The van der Waals surface area contributed by atoms with Gasteiger partial charge in [0.1, 0.15) is 29.3 Å². The number of anilines is 2. The van der Waals surface area contributed by atoms with Crippen LogP contribution in [0.25, 0.3) is 22.6 Å². The average Bonchev–Trinajstić information content (AvgIpc) is 3.00. The predicted molar refractivity (Wildman–Crippen MR) is 89.6 cm³/mol. The number of aromatic nitrogens is 5. The first-order valence-electron chi connectivity index (χ1n) is 7.05. The van der Waals surface area contributed by atoms with Gasteiger partial charge in [0.2, 0.25) is 0 Å². The van der Waals surface area contributed by atoms with Gasteiger partial charge >= 0.3 is 0 Å². The lowest BCUT2D eigenvalue weighted by molar-refractivity contribution is 0.630. The lowest BCUT2D eigenvalue weighted by atomic mass is 10.2. The number of nitrogens with zero attached hydrogens (tertiary/aromatic N) is 4. The highest BCUT2D eigenvalue weighted by Crippen LogP contribution is 2.31. The van der Waals surface area contributed by atoms with Crippen LogP contribution in [0.15, 0.2) is 48.9 Å². The maximum absolute atomic E-state index is 14.1. The van der Waals surface area contributed by atoms with Gasteiger partial charge in [-0.25, -0.2) is 24.3 Å². The van der Waals surface area contributed by atoms with Gasteiger partial charge in [-0.1, -0.05) is 23.7 Å². The fourth-order valence-corrected chi connectivity index (χ4v) is 2.58. The summed E-state index contributed by atoms with van der Waals surface area (Å²) in [6.45, 7) is 0. The van der Waals surface area contributed by atoms with Crippen molar-refractivity contribution in [1.29, 1.82) is 0 Å². The van der Waals surface area contributed by atoms with Crippen LogP contribution in [0.2, 0.25) is 5.02 Å². The molecule has 2 N–H and O–H groups in total. The van der Waals surface area contributed by atoms with E-state index < -0.39 is 5.82 Å². The van der Waals surface area contributed by atoms with Gasteiger partial charge in [-0.15, -0.1) is 0 Å². The summed E-state index contributed by atoms with van der Waals surface area (Å²) in [5, 5.41) is 3.35. The molecule has 3 aromatic heterocycles. The molecule has 0 saturated heterocycles. The highest BCUT2D eigenvalue weighted by atomic mass is 35.5. The number of imidazole rings is 1. The smallest absolute Gasteiger partial charge is 0.183 e. The van der Waals surface area contributed by atoms with Crippen LogP contribution in [-0.4, -0.2) is 24.9 Å². The molecule has 0 aliphatic heterocycles. The zero-order chi connectivity index (χ0) is 16.5. The SMILES string of the molecule is Fc1cccc(Cl)c1-c1nc2ncnc(Nc3ccccn3)c2[nH]1. The molecule has 0 bridgehead atoms. The number of hydrogen-bond donors (Lipinski definition) is 2. The second-order valence-corrected chi connectivity index (χ2v) is 5.35. The van der Waals surface area contributed by atoms with E-state index in [-0.39, 0.29) is 16.4 Å². The minimum absolute atomic E-state index is 0.195. The van der Waals surface area contributed by atoms with Crippen molar-refractivity contribution in [3.05, 3.63) is 59.8 Å². The zero-order valence-corrected chi connectivity index (χ0v) is 12.9. The summed E-state index contributed by atoms with van der Waals surface area (Å²) in [7, 11) is 0. The van der Waals surface area contributed by atoms with Crippen LogP contribution in [0, 0.1) is 5.82 Å². The van der Waals surface area contributed by atoms with Crippen LogP contribution in [-0.2, 0) is 0 Å². The lowest BCUT2D eigenvalue weighted by Gasteiger charge is -2.04. The van der Waals surface area contributed by atoms with E-state index >= 15 is 0 Å². The number of halogens is 2. The van der Waals surface area contributed by atoms with E-state index in [1.807, 2.05) is 12.1 Å². The molecule has 1 aromatic carbocycles. The Morgan fingerprint density at radius 2 is 1.96 bits per heavy atom. The molecule has 0 aliphatic rings. The molecule has 0 atom stereocenters. The summed E-state index contributed by atoms with van der Waals surface area (Å²) in [5.74, 6) is 0.939. The maximum atomic E-state index is 14.1. The van der Waals surface area contributed by atoms with Crippen LogP contribution in [0.3, 0.4) is 0 Å². The van der Waals surface area contributed by atoms with Crippen molar-refractivity contribution >= 4 is 34.4 Å². The molecular formula is C16H10ClFN6. The molecule has 3 heterocycles. The topological polar surface area (TPSA) is 79.4 Å². The standard InChI is InChI=1S/C16H10ClFN6/c17-9-4-3-5-10(18)12(9)14-23-13-15(20-8-21-16(13)24-14)22-11-6-1-2-7-19-11/h1-8H,(H2,19,20,21,22,23,24). The van der Waals surface area contributed by atoms with Gasteiger partial charge in [0.15, 0.2) is 11.5 Å². The fraction of sp³-hybridized carbons (Fsp3) is 0. The third-order valence-corrected chi connectivity index (χ3v) is 3.71. The van der Waals surface area contributed by atoms with E-state index in [0.717, 1.165) is 0 Å². The van der Waals surface area contributed by atoms with Gasteiger partial charge in [0, 0.05) is 6.20 Å². The number of aromatic amines is 1. The van der Waals surface area contributed by atoms with Gasteiger partial charge in [-0.05, 0) is 24.3 Å². The van der Waals surface area contributed by atoms with Crippen LogP contribution in [0.4, 0.5) is 16.0 Å². The van der Waals surface area contributed by atoms with E-state index in [9.17, 15) is 4.39 Å². The van der Waals surface area contributed by atoms with Crippen molar-refractivity contribution in [1.82, 2.24) is 24.9 Å². The predicted octanol–water partition coefficient (Wildman–Crippen LogP) is 3.95. The molecule has 0 saturated carbocycles. The van der Waals surface area contributed by atoms with Crippen molar-refractivity contribution in [2.75, 3.05) is 5.32 Å². The quantitative estimate of drug-likeness (QED) is 0.590. The van der Waals surface area contributed by atoms with Crippen molar-refractivity contribution in [2.24, 2.45) is 0 Å². The molecule has 0 aliphatic carbocycles. The zero-order valence-electron chi connectivity index (χ0n) is 12.2. The van der Waals surface area contributed by atoms with E-state index in [1.54, 1.807) is 18.3 Å². The largest absolute Gasteiger partial charge is 0.333 e. The van der Waals surface area contributed by atoms with Crippen LogP contribution in [0.5, 0.6) is 0 Å². The fourth-order valence-electron chi connectivity index (χ4n) is 2.32. The number of pyridine rings is 1. The molecule has 4 rings (SSSR count). The summed E-state index contributed by atoms with van der Waals surface area (Å²) in [4.78, 5) is 19.8. The molecule has 118 valence electrons. The average molecular weight is 341 g/mol. The number of rotatable bonds is 3. The van der Waals surface area contributed by atoms with Gasteiger partial charge in [-0.2, -0.15) is 0 Å². The van der Waals surface area contributed by atoms with E-state index in [1.165, 1.54) is 18.5 Å². The molecule has 8 heteroatoms. The first-order valence-corrected chi connectivity index (χ1v) is 7.43. The van der Waals surface area contributed by atoms with Crippen LogP contribution < -0.4 is 5.32 Å². The number of H-pyrrole nitrogens is 1. The molecule has 0 spiro atoms. The minimum Gasteiger partial charge on any atom is -0.333 e. The van der Waals surface area contributed by atoms with Crippen LogP contribution >= 0.6 is 11.6 Å². The third kappa shape index (κ3) is 2.55. The normalized spacial score (nSPS) is 10.9. The Bertz CT molecular complexity index is 997. The molecular weight excluding hydrogens is 331 g/mol. The van der Waals surface area contributed by atoms with Crippen molar-refractivity contribution in [2.45, 2.75) is 0 Å². The third-order valence-electron chi connectivity index (χ3n) is 3.40. The molecule has 4 aromatic rings. The van der Waals surface area contributed by atoms with Gasteiger partial charge < -0.3 is 10.3 Å². The van der Waals surface area contributed by atoms with Crippen molar-refractivity contribution in [3.8, 4) is 11.4 Å². The van der Waals surface area contributed by atoms with Gasteiger partial charge in [-0.3, -0.25) is 0 Å². The monoisotopic (exact) mass is 340 g/mol. The minimum atomic E-state index is -0.464. The molecule has 0 radical (unpaired) electrons. The molecule has 6 nitrogen and oxygen atoms in total. The first-order chi connectivity index (χ1) is 11.7. The van der Waals surface area contributed by atoms with Gasteiger partial charge in [0.05, 0.1) is 10.6 Å². The lowest BCUT2D eigenvalue weighted by Crippen LogP contribution is -1.97. The Morgan fingerprint density at radius 1 is 1.04 bits per heavy atom. The highest BCUT2D eigenvalue weighted by molar-refractivity contribution is 6.33. The number of fused-ring (bicyclic) bond motifs is 1. The number of nitrogens with one attached hydrogen (secondary N) is 2. The van der Waals surface area contributed by atoms with E-state index in [2.05, 4.69) is 30.2 Å². The second-order valence-electron chi connectivity index (χ2n) is 4.94. The summed E-state index contributed by atoms with van der Waals surface area (Å²) in [6.07, 6.45) is 3.04. The Labute approximate surface area is 140 Å². The molecule has 0 fully saturated rings. The Hall–Kier alpha value is -3.06. The van der Waals surface area contributed by atoms with Crippen molar-refractivity contribution < 1.29 is 4.39 Å².